The fourth-order valence-corrected chi connectivity index (χ4v) is 6.56. The summed E-state index contributed by atoms with van der Waals surface area (Å²) in [6.45, 7) is 0.204. The lowest BCUT2D eigenvalue weighted by Gasteiger charge is -2.15. The summed E-state index contributed by atoms with van der Waals surface area (Å²) >= 11 is 6.35. The summed E-state index contributed by atoms with van der Waals surface area (Å²) in [4.78, 5) is 25.2. The minimum atomic E-state index is -1.10. The summed E-state index contributed by atoms with van der Waals surface area (Å²) in [5.41, 5.74) is 13.2. The van der Waals surface area contributed by atoms with Crippen LogP contribution in [0.3, 0.4) is 0 Å². The second-order valence-corrected chi connectivity index (χ2v) is 13.2. The van der Waals surface area contributed by atoms with Crippen molar-refractivity contribution in [1.82, 2.24) is 9.97 Å². The Morgan fingerprint density at radius 1 is 0.907 bits per heavy atom. The van der Waals surface area contributed by atoms with Crippen LogP contribution in [0.25, 0.3) is 22.4 Å². The number of carboxylic acids is 1. The van der Waals surface area contributed by atoms with Crippen LogP contribution in [0.15, 0.2) is 114 Å². The Kier molecular flexibility index (Phi) is 10.3. The fourth-order valence-electron chi connectivity index (χ4n) is 6.38. The Morgan fingerprint density at radius 2 is 1.67 bits per heavy atom. The van der Waals surface area contributed by atoms with E-state index in [2.05, 4.69) is 34.6 Å². The molecule has 54 heavy (non-hydrogen) atoms. The van der Waals surface area contributed by atoms with E-state index in [1.165, 1.54) is 31.9 Å². The monoisotopic (exact) mass is 743 g/mol. The molecule has 5 N–H and O–H groups in total. The maximum Gasteiger partial charge on any atom is 0.339 e. The molecule has 12 heteroatoms. The van der Waals surface area contributed by atoms with Crippen molar-refractivity contribution in [1.29, 1.82) is 0 Å². The van der Waals surface area contributed by atoms with Crippen molar-refractivity contribution in [2.75, 3.05) is 19.5 Å². The fraction of sp³-hybridized carbons (Fsp3) is 0.143. The third-order valence-electron chi connectivity index (χ3n) is 9.24. The zero-order valence-corrected chi connectivity index (χ0v) is 30.0. The standard InChI is InChI=1S/C27H20ClFN4O4.C15H15NO/c1-36-21-5-3-4-20(29)23(21)25-19-10-15(28)6-8-17(19)24-14(12-30-25)13-31-27(33-24)32-16-7-9-18(26(34)35)22(11-16)37-2;16-15-9-14(15)11-6-4-10(5-7-11)12-2-1-3-13(17)8-12/h3-11,13H,12H2,1-2H3,(H,34,35)(H,31,32,33);1-8,14-15,17H,9,16H2. The number of phenols is 1. The van der Waals surface area contributed by atoms with Crippen molar-refractivity contribution in [3.63, 3.8) is 0 Å². The van der Waals surface area contributed by atoms with Gasteiger partial charge in [0.15, 0.2) is 0 Å². The predicted octanol–water partition coefficient (Wildman–Crippen LogP) is 8.62. The lowest BCUT2D eigenvalue weighted by molar-refractivity contribution is 0.0693. The van der Waals surface area contributed by atoms with Crippen LogP contribution in [0.1, 0.15) is 45.0 Å². The summed E-state index contributed by atoms with van der Waals surface area (Å²) in [5.74, 6) is 0.108. The summed E-state index contributed by atoms with van der Waals surface area (Å²) in [7, 11) is 2.87. The number of aliphatic imine (C=N–C) groups is 1. The van der Waals surface area contributed by atoms with Crippen LogP contribution in [0, 0.1) is 5.82 Å². The van der Waals surface area contributed by atoms with Crippen LogP contribution < -0.4 is 20.5 Å². The van der Waals surface area contributed by atoms with Crippen LogP contribution in [0.4, 0.5) is 16.0 Å². The molecule has 272 valence electrons. The van der Waals surface area contributed by atoms with Gasteiger partial charge < -0.3 is 30.7 Å². The van der Waals surface area contributed by atoms with Gasteiger partial charge in [0.05, 0.1) is 37.7 Å². The molecule has 1 aliphatic heterocycles. The molecule has 2 heterocycles. The molecule has 8 rings (SSSR count). The minimum Gasteiger partial charge on any atom is -0.508 e. The average molecular weight is 744 g/mol. The Labute approximate surface area is 315 Å². The average Bonchev–Trinajstić information content (AvgIpc) is 3.94. The number of nitrogens with two attached hydrogens (primary N) is 1. The number of aromatic carboxylic acids is 1. The van der Waals surface area contributed by atoms with Crippen molar-refractivity contribution in [3.8, 4) is 39.6 Å². The lowest BCUT2D eigenvalue weighted by Crippen LogP contribution is -2.09. The number of nitrogens with zero attached hydrogens (tertiary/aromatic N) is 3. The topological polar surface area (TPSA) is 152 Å². The summed E-state index contributed by atoms with van der Waals surface area (Å²) < 4.78 is 25.7. The number of anilines is 2. The molecule has 2 aliphatic rings. The molecule has 0 amide bonds. The summed E-state index contributed by atoms with van der Waals surface area (Å²) in [6.07, 6.45) is 2.75. The molecule has 0 radical (unpaired) electrons. The first kappa shape index (κ1) is 36.1. The van der Waals surface area contributed by atoms with E-state index in [1.807, 2.05) is 18.2 Å². The number of hydrogen-bond acceptors (Lipinski definition) is 9. The second kappa shape index (κ2) is 15.4. The zero-order chi connectivity index (χ0) is 37.9. The smallest absolute Gasteiger partial charge is 0.339 e. The van der Waals surface area contributed by atoms with Gasteiger partial charge in [0.25, 0.3) is 0 Å². The molecule has 0 spiro atoms. The van der Waals surface area contributed by atoms with E-state index < -0.39 is 11.8 Å². The van der Waals surface area contributed by atoms with E-state index in [0.29, 0.717) is 56.7 Å². The van der Waals surface area contributed by atoms with Gasteiger partial charge >= 0.3 is 5.97 Å². The van der Waals surface area contributed by atoms with Crippen LogP contribution in [0.2, 0.25) is 5.02 Å². The number of rotatable bonds is 8. The van der Waals surface area contributed by atoms with Crippen molar-refractivity contribution < 1.29 is 28.9 Å². The molecule has 1 aliphatic carbocycles. The molecule has 5 aromatic carbocycles. The highest BCUT2D eigenvalue weighted by atomic mass is 35.5. The molecule has 0 bridgehead atoms. The van der Waals surface area contributed by atoms with E-state index in [1.54, 1.807) is 54.7 Å². The number of aromatic hydroxyl groups is 1. The molecule has 1 fully saturated rings. The Balaban J connectivity index is 0.000000219. The molecule has 1 saturated carbocycles. The number of carbonyl (C=O) groups is 1. The van der Waals surface area contributed by atoms with Crippen molar-refractivity contribution in [2.45, 2.75) is 24.9 Å². The maximum absolute atomic E-state index is 15.0. The van der Waals surface area contributed by atoms with Crippen molar-refractivity contribution in [2.24, 2.45) is 10.7 Å². The molecule has 0 saturated heterocycles. The van der Waals surface area contributed by atoms with Crippen molar-refractivity contribution in [3.05, 3.63) is 148 Å². The zero-order valence-electron chi connectivity index (χ0n) is 29.3. The van der Waals surface area contributed by atoms with Crippen LogP contribution >= 0.6 is 11.6 Å². The van der Waals surface area contributed by atoms with Gasteiger partial charge in [0.1, 0.15) is 28.6 Å². The molecule has 1 aromatic heterocycles. The Bertz CT molecular complexity index is 2410. The van der Waals surface area contributed by atoms with Gasteiger partial charge in [0.2, 0.25) is 5.95 Å². The summed E-state index contributed by atoms with van der Waals surface area (Å²) in [5, 5.41) is 22.3. The van der Waals surface area contributed by atoms with Gasteiger partial charge in [-0.2, -0.15) is 0 Å². The SMILES string of the molecule is COc1cc(Nc2ncc3c(n2)-c2ccc(Cl)cc2C(c2c(F)cccc2OC)=NC3)ccc1C(=O)O.NC1CC1c1ccc(-c2cccc(O)c2)cc1. The highest BCUT2D eigenvalue weighted by molar-refractivity contribution is 6.31. The van der Waals surface area contributed by atoms with Gasteiger partial charge in [-0.15, -0.1) is 0 Å². The van der Waals surface area contributed by atoms with E-state index in [-0.39, 0.29) is 29.4 Å². The van der Waals surface area contributed by atoms with Crippen LogP contribution in [-0.4, -0.2) is 52.1 Å². The number of fused-ring (bicyclic) bond motifs is 3. The number of halogens is 2. The number of hydrogen-bond donors (Lipinski definition) is 4. The van der Waals surface area contributed by atoms with E-state index >= 15 is 4.39 Å². The van der Waals surface area contributed by atoms with Gasteiger partial charge in [-0.3, -0.25) is 4.99 Å². The molecule has 10 nitrogen and oxygen atoms in total. The second-order valence-electron chi connectivity index (χ2n) is 12.8. The quantitative estimate of drug-likeness (QED) is 0.120. The van der Waals surface area contributed by atoms with Crippen molar-refractivity contribution >= 4 is 34.9 Å². The van der Waals surface area contributed by atoms with Gasteiger partial charge in [-0.05, 0) is 71.6 Å². The van der Waals surface area contributed by atoms with E-state index in [4.69, 9.17) is 36.8 Å². The molecule has 6 aromatic rings. The Morgan fingerprint density at radius 3 is 2.37 bits per heavy atom. The normalized spacial score (nSPS) is 15.3. The number of phenolic OH excluding ortho intramolecular Hbond substituents is 1. The molecular formula is C42H35ClFN5O5. The van der Waals surface area contributed by atoms with E-state index in [0.717, 1.165) is 23.1 Å². The number of methoxy groups -OCH3 is 2. The molecular weight excluding hydrogens is 709 g/mol. The third kappa shape index (κ3) is 7.59. The van der Waals surface area contributed by atoms with Gasteiger partial charge in [-0.25, -0.2) is 19.2 Å². The number of benzene rings is 5. The first-order valence-corrected chi connectivity index (χ1v) is 17.4. The first-order chi connectivity index (χ1) is 26.1. The number of carboxylic acid groups (broad SMARTS) is 1. The van der Waals surface area contributed by atoms with Gasteiger partial charge in [0, 0.05) is 51.6 Å². The highest BCUT2D eigenvalue weighted by Crippen LogP contribution is 2.40. The summed E-state index contributed by atoms with van der Waals surface area (Å²) in [6, 6.07) is 30.6. The van der Waals surface area contributed by atoms with Crippen LogP contribution in [-0.2, 0) is 6.54 Å². The lowest BCUT2D eigenvalue weighted by atomic mass is 9.94. The third-order valence-corrected chi connectivity index (χ3v) is 9.48. The number of aromatic nitrogens is 2. The minimum absolute atomic E-state index is 0.0370. The van der Waals surface area contributed by atoms with E-state index in [9.17, 15) is 15.0 Å². The number of nitrogens with one attached hydrogen (secondary N) is 1. The first-order valence-electron chi connectivity index (χ1n) is 17.0. The number of ether oxygens (including phenoxy) is 2. The van der Waals surface area contributed by atoms with Crippen LogP contribution in [0.5, 0.6) is 17.2 Å². The van der Waals surface area contributed by atoms with Gasteiger partial charge in [-0.1, -0.05) is 60.1 Å². The largest absolute Gasteiger partial charge is 0.508 e. The molecule has 2 atom stereocenters. The highest BCUT2D eigenvalue weighted by Gasteiger charge is 2.34. The Hall–Kier alpha value is -6.30. The predicted molar refractivity (Wildman–Crippen MR) is 207 cm³/mol. The maximum atomic E-state index is 15.0. The molecule has 2 unspecified atom stereocenters.